The van der Waals surface area contributed by atoms with E-state index in [9.17, 15) is 4.57 Å². The van der Waals surface area contributed by atoms with Crippen molar-refractivity contribution in [1.82, 2.24) is 4.57 Å². The van der Waals surface area contributed by atoms with Gasteiger partial charge in [-0.15, -0.1) is 0 Å². The summed E-state index contributed by atoms with van der Waals surface area (Å²) in [6.07, 6.45) is 4.30. The molecule has 1 aromatic heterocycles. The Bertz CT molecular complexity index is 371. The first-order valence-electron chi connectivity index (χ1n) is 4.67. The topological polar surface area (TPSA) is 75.6 Å². The van der Waals surface area contributed by atoms with Crippen molar-refractivity contribution < 1.29 is 23.4 Å². The molecule has 0 unspecified atom stereocenters. The summed E-state index contributed by atoms with van der Waals surface area (Å²) in [4.78, 5) is 17.0. The van der Waals surface area contributed by atoms with Crippen molar-refractivity contribution >= 4 is 7.82 Å². The van der Waals surface area contributed by atoms with Crippen molar-refractivity contribution in [3.05, 3.63) is 18.2 Å². The van der Waals surface area contributed by atoms with Gasteiger partial charge in [-0.1, -0.05) is 0 Å². The number of nitrogens with zero attached hydrogens (tertiary/aromatic N) is 2. The monoisotopic (exact) mass is 235 g/mol. The van der Waals surface area contributed by atoms with Gasteiger partial charge in [0.25, 0.3) is 5.82 Å². The van der Waals surface area contributed by atoms with E-state index in [-0.39, 0.29) is 6.61 Å². The lowest BCUT2D eigenvalue weighted by Gasteiger charge is -2.04. The zero-order valence-corrected chi connectivity index (χ0v) is 9.72. The van der Waals surface area contributed by atoms with Gasteiger partial charge in [0, 0.05) is 0 Å². The molecular formula is C8H16N2O4P+. The molecule has 6 nitrogen and oxygen atoms in total. The third kappa shape index (κ3) is 3.76. The van der Waals surface area contributed by atoms with Crippen molar-refractivity contribution in [2.75, 3.05) is 6.61 Å². The minimum Gasteiger partial charge on any atom is -0.303 e. The first-order chi connectivity index (χ1) is 6.94. The second-order valence-electron chi connectivity index (χ2n) is 3.19. The molecule has 0 radical (unpaired) electrons. The predicted molar refractivity (Wildman–Crippen MR) is 53.0 cm³/mol. The Balaban J connectivity index is 2.57. The van der Waals surface area contributed by atoms with Gasteiger partial charge < -0.3 is 9.79 Å². The van der Waals surface area contributed by atoms with Crippen LogP contribution < -0.4 is 4.57 Å². The summed E-state index contributed by atoms with van der Waals surface area (Å²) >= 11 is 0. The van der Waals surface area contributed by atoms with Crippen LogP contribution in [0.2, 0.25) is 0 Å². The van der Waals surface area contributed by atoms with E-state index in [0.717, 1.165) is 12.4 Å². The molecule has 7 heteroatoms. The fourth-order valence-electron chi connectivity index (χ4n) is 1.42. The Labute approximate surface area is 88.4 Å². The van der Waals surface area contributed by atoms with E-state index in [0.29, 0.717) is 6.42 Å². The predicted octanol–water partition coefficient (Wildman–Crippen LogP) is -0.0157. The van der Waals surface area contributed by atoms with E-state index in [1.807, 2.05) is 35.5 Å². The summed E-state index contributed by atoms with van der Waals surface area (Å²) in [5.41, 5.74) is 0. The average Bonchev–Trinajstić information content (AvgIpc) is 2.46. The number of aromatic nitrogens is 2. The fourth-order valence-corrected chi connectivity index (χ4v) is 1.75. The molecule has 15 heavy (non-hydrogen) atoms. The van der Waals surface area contributed by atoms with E-state index in [1.165, 1.54) is 0 Å². The molecule has 1 heterocycles. The third-order valence-electron chi connectivity index (χ3n) is 2.13. The summed E-state index contributed by atoms with van der Waals surface area (Å²) < 4.78 is 18.8. The summed E-state index contributed by atoms with van der Waals surface area (Å²) in [5.74, 6) is 0.978. The van der Waals surface area contributed by atoms with Crippen LogP contribution in [-0.4, -0.2) is 21.0 Å². The number of phosphoric acid groups is 1. The van der Waals surface area contributed by atoms with Gasteiger partial charge in [-0.3, -0.25) is 4.52 Å². The van der Waals surface area contributed by atoms with Gasteiger partial charge in [0.15, 0.2) is 0 Å². The highest BCUT2D eigenvalue weighted by Gasteiger charge is 2.17. The Morgan fingerprint density at radius 2 is 2.27 bits per heavy atom. The Kier molecular flexibility index (Phi) is 4.04. The number of hydrogen-bond acceptors (Lipinski definition) is 2. The fraction of sp³-hybridized carbons (Fsp3) is 0.625. The molecular weight excluding hydrogens is 219 g/mol. The minimum absolute atomic E-state index is 0.0160. The van der Waals surface area contributed by atoms with E-state index in [1.54, 1.807) is 0 Å². The average molecular weight is 235 g/mol. The zero-order chi connectivity index (χ0) is 11.5. The molecule has 0 aliphatic rings. The number of imidazole rings is 1. The molecule has 2 N–H and O–H groups in total. The SMILES string of the molecule is CCn1cc[n+](C)c1CCOP(=O)(O)O. The second-order valence-corrected chi connectivity index (χ2v) is 4.42. The summed E-state index contributed by atoms with van der Waals surface area (Å²) in [6, 6.07) is 0. The van der Waals surface area contributed by atoms with Crippen LogP contribution in [0.15, 0.2) is 12.4 Å². The van der Waals surface area contributed by atoms with E-state index < -0.39 is 7.82 Å². The Hall–Kier alpha value is -0.680. The molecule has 0 saturated carbocycles. The largest absolute Gasteiger partial charge is 0.469 e. The molecule has 0 atom stereocenters. The third-order valence-corrected chi connectivity index (χ3v) is 2.65. The lowest BCUT2D eigenvalue weighted by molar-refractivity contribution is -0.678. The van der Waals surface area contributed by atoms with E-state index in [4.69, 9.17) is 9.79 Å². The Morgan fingerprint density at radius 1 is 1.60 bits per heavy atom. The van der Waals surface area contributed by atoms with Crippen molar-refractivity contribution in [2.45, 2.75) is 19.9 Å². The quantitative estimate of drug-likeness (QED) is 0.555. The van der Waals surface area contributed by atoms with Crippen LogP contribution >= 0.6 is 7.82 Å². The smallest absolute Gasteiger partial charge is 0.303 e. The van der Waals surface area contributed by atoms with Crippen molar-refractivity contribution in [3.63, 3.8) is 0 Å². The van der Waals surface area contributed by atoms with Crippen LogP contribution in [0, 0.1) is 0 Å². The molecule has 0 fully saturated rings. The van der Waals surface area contributed by atoms with Crippen LogP contribution in [-0.2, 0) is 29.1 Å². The van der Waals surface area contributed by atoms with Crippen LogP contribution in [0.1, 0.15) is 12.7 Å². The highest BCUT2D eigenvalue weighted by atomic mass is 31.2. The number of phosphoric ester groups is 1. The number of aryl methyl sites for hydroxylation is 2. The van der Waals surface area contributed by atoms with Gasteiger partial charge in [-0.2, -0.15) is 0 Å². The first-order valence-corrected chi connectivity index (χ1v) is 6.21. The molecule has 0 aromatic carbocycles. The van der Waals surface area contributed by atoms with Gasteiger partial charge in [0.05, 0.1) is 26.6 Å². The van der Waals surface area contributed by atoms with E-state index in [2.05, 4.69) is 4.52 Å². The normalized spacial score (nSPS) is 12.0. The minimum atomic E-state index is -4.34. The zero-order valence-electron chi connectivity index (χ0n) is 8.83. The molecule has 0 aliphatic heterocycles. The summed E-state index contributed by atoms with van der Waals surface area (Å²) in [5, 5.41) is 0. The van der Waals surface area contributed by atoms with Gasteiger partial charge in [-0.25, -0.2) is 13.7 Å². The highest BCUT2D eigenvalue weighted by molar-refractivity contribution is 7.46. The van der Waals surface area contributed by atoms with Crippen LogP contribution in [0.4, 0.5) is 0 Å². The molecule has 1 aromatic rings. The van der Waals surface area contributed by atoms with Gasteiger partial charge in [-0.05, 0) is 6.92 Å². The van der Waals surface area contributed by atoms with Gasteiger partial charge in [0.1, 0.15) is 12.4 Å². The molecule has 0 bridgehead atoms. The van der Waals surface area contributed by atoms with Crippen LogP contribution in [0.5, 0.6) is 0 Å². The molecule has 0 saturated heterocycles. The molecule has 86 valence electrons. The van der Waals surface area contributed by atoms with Crippen molar-refractivity contribution in [1.29, 1.82) is 0 Å². The number of rotatable bonds is 5. The van der Waals surface area contributed by atoms with Gasteiger partial charge in [0.2, 0.25) is 0 Å². The van der Waals surface area contributed by atoms with E-state index >= 15 is 0 Å². The van der Waals surface area contributed by atoms with Crippen molar-refractivity contribution in [2.24, 2.45) is 7.05 Å². The maximum absolute atomic E-state index is 10.5. The lowest BCUT2D eigenvalue weighted by Crippen LogP contribution is -2.32. The molecule has 1 rings (SSSR count). The van der Waals surface area contributed by atoms with Crippen LogP contribution in [0.25, 0.3) is 0 Å². The highest BCUT2D eigenvalue weighted by Crippen LogP contribution is 2.35. The first kappa shape index (κ1) is 12.4. The maximum Gasteiger partial charge on any atom is 0.469 e. The van der Waals surface area contributed by atoms with Crippen LogP contribution in [0.3, 0.4) is 0 Å². The Morgan fingerprint density at radius 3 is 2.80 bits per heavy atom. The molecule has 0 spiro atoms. The second kappa shape index (κ2) is 4.90. The van der Waals surface area contributed by atoms with Gasteiger partial charge >= 0.3 is 7.82 Å². The molecule has 0 aliphatic carbocycles. The lowest BCUT2D eigenvalue weighted by atomic mass is 10.4. The summed E-state index contributed by atoms with van der Waals surface area (Å²) in [7, 11) is -2.45. The summed E-state index contributed by atoms with van der Waals surface area (Å²) in [6.45, 7) is 2.85. The molecule has 0 amide bonds. The standard InChI is InChI=1S/C8H15N2O4P/c1-3-10-6-5-9(2)8(10)4-7-14-15(11,12)13/h5-6H,3-4,7H2,1-2H3,(H-,11,12,13)/p+1. The maximum atomic E-state index is 10.5. The van der Waals surface area contributed by atoms with Crippen molar-refractivity contribution in [3.8, 4) is 0 Å². The number of hydrogen-bond donors (Lipinski definition) is 2.